The van der Waals surface area contributed by atoms with Crippen molar-refractivity contribution in [1.82, 2.24) is 20.5 Å². The molecule has 1 aromatic carbocycles. The molecule has 0 radical (unpaired) electrons. The Hall–Kier alpha value is -3.35. The highest BCUT2D eigenvalue weighted by atomic mass is 16.3. The number of urea groups is 1. The van der Waals surface area contributed by atoms with Gasteiger partial charge in [-0.1, -0.05) is 29.8 Å². The molecule has 32 heavy (non-hydrogen) atoms. The number of piperidine rings is 1. The fourth-order valence-corrected chi connectivity index (χ4v) is 4.78. The molecule has 5 rings (SSSR count). The van der Waals surface area contributed by atoms with Crippen LogP contribution in [0.2, 0.25) is 0 Å². The van der Waals surface area contributed by atoms with Crippen LogP contribution in [0.3, 0.4) is 0 Å². The molecule has 3 heterocycles. The van der Waals surface area contributed by atoms with Crippen molar-refractivity contribution in [2.24, 2.45) is 11.3 Å². The van der Waals surface area contributed by atoms with E-state index in [4.69, 9.17) is 4.42 Å². The molecule has 7 heteroatoms. The van der Waals surface area contributed by atoms with E-state index in [1.807, 2.05) is 23.1 Å². The molecule has 2 N–H and O–H groups in total. The standard InChI is InChI=1S/C25H28N4O3/c1-17-2-4-18(5-3-17)14-28-24(31)29-10-7-25(8-11-29)13-20(25)15-27-23(30)21-12-19-6-9-26-16-22(19)32-21/h2-6,9,12,16,20H,7-8,10-11,13-15H2,1H3,(H,27,30)(H,28,31). The minimum Gasteiger partial charge on any atom is -0.449 e. The molecule has 3 aromatic rings. The molecule has 1 aliphatic heterocycles. The Morgan fingerprint density at radius 2 is 1.94 bits per heavy atom. The van der Waals surface area contributed by atoms with Crippen molar-refractivity contribution in [2.75, 3.05) is 19.6 Å². The van der Waals surface area contributed by atoms with Crippen LogP contribution in [0.4, 0.5) is 4.79 Å². The number of carbonyl (C=O) groups is 2. The van der Waals surface area contributed by atoms with Gasteiger partial charge in [0.25, 0.3) is 5.91 Å². The number of amides is 3. The molecule has 1 saturated carbocycles. The summed E-state index contributed by atoms with van der Waals surface area (Å²) in [6.07, 6.45) is 6.38. The first-order chi connectivity index (χ1) is 15.5. The van der Waals surface area contributed by atoms with Gasteiger partial charge in [-0.15, -0.1) is 0 Å². The lowest BCUT2D eigenvalue weighted by Crippen LogP contribution is -2.45. The van der Waals surface area contributed by atoms with Crippen molar-refractivity contribution in [3.8, 4) is 0 Å². The van der Waals surface area contributed by atoms with Crippen LogP contribution in [0.25, 0.3) is 11.0 Å². The number of nitrogens with zero attached hydrogens (tertiary/aromatic N) is 2. The Balaban J connectivity index is 1.07. The fraction of sp³-hybridized carbons (Fsp3) is 0.400. The van der Waals surface area contributed by atoms with Crippen LogP contribution in [-0.2, 0) is 6.54 Å². The molecule has 7 nitrogen and oxygen atoms in total. The second kappa shape index (κ2) is 8.30. The molecule has 2 aromatic heterocycles. The SMILES string of the molecule is Cc1ccc(CNC(=O)N2CCC3(CC2)CC3CNC(=O)c2cc3ccncc3o2)cc1. The number of likely N-dealkylation sites (tertiary alicyclic amines) is 1. The monoisotopic (exact) mass is 432 g/mol. The summed E-state index contributed by atoms with van der Waals surface area (Å²) in [6.45, 7) is 4.78. The first-order valence-corrected chi connectivity index (χ1v) is 11.2. The lowest BCUT2D eigenvalue weighted by molar-refractivity contribution is 0.0922. The Kier molecular flexibility index (Phi) is 5.33. The van der Waals surface area contributed by atoms with Crippen LogP contribution in [0.5, 0.6) is 0 Å². The molecular weight excluding hydrogens is 404 g/mol. The lowest BCUT2D eigenvalue weighted by Gasteiger charge is -2.33. The van der Waals surface area contributed by atoms with Gasteiger partial charge in [0.1, 0.15) is 0 Å². The van der Waals surface area contributed by atoms with E-state index in [1.165, 1.54) is 5.56 Å². The number of benzene rings is 1. The third-order valence-corrected chi connectivity index (χ3v) is 7.03. The minimum atomic E-state index is -0.184. The Morgan fingerprint density at radius 3 is 2.69 bits per heavy atom. The maximum absolute atomic E-state index is 12.5. The number of nitrogens with one attached hydrogen (secondary N) is 2. The Labute approximate surface area is 187 Å². The fourth-order valence-electron chi connectivity index (χ4n) is 4.78. The van der Waals surface area contributed by atoms with Crippen molar-refractivity contribution in [3.05, 3.63) is 65.7 Å². The number of pyridine rings is 1. The number of aryl methyl sites for hydroxylation is 1. The summed E-state index contributed by atoms with van der Waals surface area (Å²) in [5.41, 5.74) is 3.20. The highest BCUT2D eigenvalue weighted by Crippen LogP contribution is 2.59. The van der Waals surface area contributed by atoms with E-state index < -0.39 is 0 Å². The highest BCUT2D eigenvalue weighted by molar-refractivity contribution is 5.95. The smallest absolute Gasteiger partial charge is 0.317 e. The molecule has 1 unspecified atom stereocenters. The van der Waals surface area contributed by atoms with Gasteiger partial charge in [-0.2, -0.15) is 0 Å². The molecule has 2 fully saturated rings. The van der Waals surface area contributed by atoms with Crippen LogP contribution in [0.1, 0.15) is 40.9 Å². The van der Waals surface area contributed by atoms with E-state index in [2.05, 4.69) is 34.7 Å². The van der Waals surface area contributed by atoms with Gasteiger partial charge >= 0.3 is 6.03 Å². The van der Waals surface area contributed by atoms with Gasteiger partial charge in [-0.25, -0.2) is 4.79 Å². The highest BCUT2D eigenvalue weighted by Gasteiger charge is 2.54. The third-order valence-electron chi connectivity index (χ3n) is 7.03. The summed E-state index contributed by atoms with van der Waals surface area (Å²) in [7, 11) is 0. The maximum Gasteiger partial charge on any atom is 0.317 e. The summed E-state index contributed by atoms with van der Waals surface area (Å²) in [5, 5.41) is 6.93. The first kappa shape index (κ1) is 20.5. The largest absolute Gasteiger partial charge is 0.449 e. The van der Waals surface area contributed by atoms with E-state index in [1.54, 1.807) is 18.5 Å². The third kappa shape index (κ3) is 4.20. The first-order valence-electron chi connectivity index (χ1n) is 11.2. The number of carbonyl (C=O) groups excluding carboxylic acids is 2. The number of furan rings is 1. The van der Waals surface area contributed by atoms with Gasteiger partial charge < -0.3 is 20.0 Å². The minimum absolute atomic E-state index is 0.00491. The van der Waals surface area contributed by atoms with Gasteiger partial charge in [0.2, 0.25) is 0 Å². The van der Waals surface area contributed by atoms with Crippen molar-refractivity contribution in [2.45, 2.75) is 32.7 Å². The van der Waals surface area contributed by atoms with Crippen LogP contribution < -0.4 is 10.6 Å². The zero-order chi connectivity index (χ0) is 22.1. The zero-order valence-corrected chi connectivity index (χ0v) is 18.3. The summed E-state index contributed by atoms with van der Waals surface area (Å²) in [4.78, 5) is 31.0. The second-order valence-electron chi connectivity index (χ2n) is 9.13. The van der Waals surface area contributed by atoms with Crippen LogP contribution in [0, 0.1) is 18.3 Å². The van der Waals surface area contributed by atoms with Crippen LogP contribution in [0.15, 0.2) is 53.2 Å². The van der Waals surface area contributed by atoms with Crippen LogP contribution >= 0.6 is 0 Å². The predicted octanol–water partition coefficient (Wildman–Crippen LogP) is 3.88. The van der Waals surface area contributed by atoms with E-state index in [0.29, 0.717) is 30.4 Å². The topological polar surface area (TPSA) is 87.5 Å². The summed E-state index contributed by atoms with van der Waals surface area (Å²) in [5.74, 6) is 0.606. The maximum atomic E-state index is 12.5. The number of fused-ring (bicyclic) bond motifs is 1. The molecule has 1 aliphatic carbocycles. The molecule has 3 amide bonds. The van der Waals surface area contributed by atoms with Gasteiger partial charge in [0.05, 0.1) is 6.20 Å². The average Bonchev–Trinajstić information content (AvgIpc) is 3.28. The van der Waals surface area contributed by atoms with Crippen molar-refractivity contribution in [3.63, 3.8) is 0 Å². The molecular formula is C25H28N4O3. The lowest BCUT2D eigenvalue weighted by atomic mass is 9.91. The van der Waals surface area contributed by atoms with Gasteiger partial charge in [-0.3, -0.25) is 9.78 Å². The second-order valence-corrected chi connectivity index (χ2v) is 9.13. The molecule has 1 atom stereocenters. The number of rotatable bonds is 5. The summed E-state index contributed by atoms with van der Waals surface area (Å²) in [6, 6.07) is 11.8. The molecule has 0 bridgehead atoms. The predicted molar refractivity (Wildman–Crippen MR) is 121 cm³/mol. The number of hydrogen-bond acceptors (Lipinski definition) is 4. The van der Waals surface area contributed by atoms with Crippen molar-refractivity contribution < 1.29 is 14.0 Å². The van der Waals surface area contributed by atoms with E-state index in [0.717, 1.165) is 43.3 Å². The van der Waals surface area contributed by atoms with E-state index >= 15 is 0 Å². The van der Waals surface area contributed by atoms with Gasteiger partial charge in [-0.05, 0) is 55.2 Å². The van der Waals surface area contributed by atoms with E-state index in [-0.39, 0.29) is 17.4 Å². The van der Waals surface area contributed by atoms with Crippen LogP contribution in [-0.4, -0.2) is 41.5 Å². The normalized spacial score (nSPS) is 19.2. The Morgan fingerprint density at radius 1 is 1.16 bits per heavy atom. The van der Waals surface area contributed by atoms with Crippen molar-refractivity contribution in [1.29, 1.82) is 0 Å². The molecule has 1 saturated heterocycles. The number of hydrogen-bond donors (Lipinski definition) is 2. The summed E-state index contributed by atoms with van der Waals surface area (Å²) < 4.78 is 5.59. The molecule has 166 valence electrons. The quantitative estimate of drug-likeness (QED) is 0.641. The molecule has 1 spiro atoms. The van der Waals surface area contributed by atoms with Crippen molar-refractivity contribution >= 4 is 22.9 Å². The van der Waals surface area contributed by atoms with E-state index in [9.17, 15) is 9.59 Å². The average molecular weight is 433 g/mol. The summed E-state index contributed by atoms with van der Waals surface area (Å²) >= 11 is 0. The molecule has 2 aliphatic rings. The van der Waals surface area contributed by atoms with Gasteiger partial charge in [0, 0.05) is 37.8 Å². The number of aromatic nitrogens is 1. The Bertz CT molecular complexity index is 1100. The zero-order valence-electron chi connectivity index (χ0n) is 18.3. The van der Waals surface area contributed by atoms with Gasteiger partial charge in [0.15, 0.2) is 11.3 Å².